The van der Waals surface area contributed by atoms with Crippen LogP contribution in [-0.4, -0.2) is 52.4 Å². The molecule has 2 rings (SSSR count). The van der Waals surface area contributed by atoms with Crippen LogP contribution in [0.2, 0.25) is 0 Å². The molecule has 32 heavy (non-hydrogen) atoms. The van der Waals surface area contributed by atoms with E-state index in [4.69, 9.17) is 0 Å². The highest BCUT2D eigenvalue weighted by atomic mass is 32.2. The number of anilines is 2. The second kappa shape index (κ2) is 9.92. The molecule has 0 bridgehead atoms. The number of amides is 1. The zero-order valence-electron chi connectivity index (χ0n) is 18.0. The average molecular weight is 490 g/mol. The average Bonchev–Trinajstić information content (AvgIpc) is 2.70. The molecule has 0 saturated heterocycles. The van der Waals surface area contributed by atoms with E-state index < -0.39 is 43.6 Å². The fraction of sp³-hybridized carbons (Fsp3) is 0.350. The van der Waals surface area contributed by atoms with E-state index >= 15 is 0 Å². The number of sulfonamides is 2. The Kier molecular flexibility index (Phi) is 7.97. The second-order valence-corrected chi connectivity index (χ2v) is 10.7. The predicted octanol–water partition coefficient (Wildman–Crippen LogP) is 2.79. The SMILES string of the molecule is CCN(CC)S(=O)(=O)c1ccc(NC(=O)[C@H](C)N(c2ccc(F)c(F)c2)S(C)(=O)=O)cc1. The third-order valence-electron chi connectivity index (χ3n) is 4.71. The molecular weight excluding hydrogens is 464 g/mol. The molecule has 0 aromatic heterocycles. The van der Waals surface area contributed by atoms with Crippen LogP contribution in [0.15, 0.2) is 47.4 Å². The van der Waals surface area contributed by atoms with Crippen LogP contribution in [0.3, 0.4) is 0 Å². The molecule has 0 fully saturated rings. The van der Waals surface area contributed by atoms with E-state index in [0.717, 1.165) is 18.4 Å². The van der Waals surface area contributed by atoms with E-state index in [1.807, 2.05) is 0 Å². The summed E-state index contributed by atoms with van der Waals surface area (Å²) in [7, 11) is -7.70. The van der Waals surface area contributed by atoms with Crippen molar-refractivity contribution in [2.24, 2.45) is 0 Å². The molecule has 0 heterocycles. The third-order valence-corrected chi connectivity index (χ3v) is 8.02. The summed E-state index contributed by atoms with van der Waals surface area (Å²) in [6.45, 7) is 5.34. The van der Waals surface area contributed by atoms with Gasteiger partial charge < -0.3 is 5.32 Å². The van der Waals surface area contributed by atoms with Crippen molar-refractivity contribution in [1.29, 1.82) is 0 Å². The normalized spacial score (nSPS) is 13.1. The van der Waals surface area contributed by atoms with Crippen LogP contribution in [0.1, 0.15) is 20.8 Å². The maximum absolute atomic E-state index is 13.6. The highest BCUT2D eigenvalue weighted by Crippen LogP contribution is 2.24. The largest absolute Gasteiger partial charge is 0.324 e. The summed E-state index contributed by atoms with van der Waals surface area (Å²) in [4.78, 5) is 12.7. The molecule has 12 heteroatoms. The van der Waals surface area contributed by atoms with Crippen LogP contribution in [0.5, 0.6) is 0 Å². The van der Waals surface area contributed by atoms with Crippen molar-refractivity contribution < 1.29 is 30.4 Å². The summed E-state index contributed by atoms with van der Waals surface area (Å²) in [6, 6.07) is 6.61. The quantitative estimate of drug-likeness (QED) is 0.583. The number of benzene rings is 2. The maximum atomic E-state index is 13.6. The van der Waals surface area contributed by atoms with Crippen molar-refractivity contribution in [2.75, 3.05) is 29.0 Å². The van der Waals surface area contributed by atoms with Gasteiger partial charge in [0.25, 0.3) is 0 Å². The van der Waals surface area contributed by atoms with Gasteiger partial charge in [-0.2, -0.15) is 4.31 Å². The number of hydrogen-bond acceptors (Lipinski definition) is 5. The van der Waals surface area contributed by atoms with Crippen molar-refractivity contribution in [3.63, 3.8) is 0 Å². The number of halogens is 2. The van der Waals surface area contributed by atoms with Crippen LogP contribution in [0.25, 0.3) is 0 Å². The van der Waals surface area contributed by atoms with Crippen molar-refractivity contribution in [2.45, 2.75) is 31.7 Å². The number of nitrogens with zero attached hydrogens (tertiary/aromatic N) is 2. The Morgan fingerprint density at radius 1 is 0.969 bits per heavy atom. The summed E-state index contributed by atoms with van der Waals surface area (Å²) in [6.07, 6.45) is 0.838. The van der Waals surface area contributed by atoms with Gasteiger partial charge >= 0.3 is 0 Å². The Morgan fingerprint density at radius 3 is 2.00 bits per heavy atom. The zero-order valence-corrected chi connectivity index (χ0v) is 19.7. The molecule has 0 saturated carbocycles. The summed E-state index contributed by atoms with van der Waals surface area (Å²) in [5.41, 5.74) is 0.0220. The highest BCUT2D eigenvalue weighted by molar-refractivity contribution is 7.92. The minimum Gasteiger partial charge on any atom is -0.324 e. The molecule has 176 valence electrons. The maximum Gasteiger partial charge on any atom is 0.247 e. The van der Waals surface area contributed by atoms with Gasteiger partial charge in [-0.25, -0.2) is 25.6 Å². The lowest BCUT2D eigenvalue weighted by Gasteiger charge is -2.28. The standard InChI is InChI=1S/C20H25F2N3O5S2/c1-5-24(6-2)32(29,30)17-10-7-15(8-11-17)23-20(26)14(3)25(31(4,27)28)16-9-12-18(21)19(22)13-16/h7-14H,5-6H2,1-4H3,(H,23,26)/t14-/m0/s1. The Bertz CT molecular complexity index is 1180. The van der Waals surface area contributed by atoms with E-state index in [2.05, 4.69) is 5.32 Å². The monoisotopic (exact) mass is 489 g/mol. The van der Waals surface area contributed by atoms with Crippen molar-refractivity contribution >= 4 is 37.3 Å². The molecule has 1 amide bonds. The fourth-order valence-electron chi connectivity index (χ4n) is 3.10. The molecule has 0 aliphatic carbocycles. The summed E-state index contributed by atoms with van der Waals surface area (Å²) < 4.78 is 78.5. The van der Waals surface area contributed by atoms with Gasteiger partial charge in [-0.05, 0) is 43.3 Å². The van der Waals surface area contributed by atoms with Crippen LogP contribution >= 0.6 is 0 Å². The van der Waals surface area contributed by atoms with Crippen LogP contribution in [-0.2, 0) is 24.8 Å². The van der Waals surface area contributed by atoms with E-state index in [0.29, 0.717) is 23.5 Å². The minimum atomic E-state index is -4.03. The number of nitrogens with one attached hydrogen (secondary N) is 1. The van der Waals surface area contributed by atoms with Gasteiger partial charge in [0.1, 0.15) is 6.04 Å². The topological polar surface area (TPSA) is 104 Å². The van der Waals surface area contributed by atoms with Gasteiger partial charge in [0.2, 0.25) is 26.0 Å². The summed E-state index contributed by atoms with van der Waals surface area (Å²) >= 11 is 0. The summed E-state index contributed by atoms with van der Waals surface area (Å²) in [5.74, 6) is -3.16. The zero-order chi connectivity index (χ0) is 24.3. The smallest absolute Gasteiger partial charge is 0.247 e. The molecular formula is C20H25F2N3O5S2. The number of carbonyl (C=O) groups is 1. The Balaban J connectivity index is 2.27. The molecule has 0 unspecified atom stereocenters. The Labute approximate surface area is 186 Å². The number of rotatable bonds is 9. The van der Waals surface area contributed by atoms with E-state index in [1.54, 1.807) is 13.8 Å². The molecule has 0 aliphatic heterocycles. The number of hydrogen-bond donors (Lipinski definition) is 1. The molecule has 2 aromatic carbocycles. The molecule has 2 aromatic rings. The molecule has 1 N–H and O–H groups in total. The van der Waals surface area contributed by atoms with E-state index in [1.165, 1.54) is 35.5 Å². The first-order valence-electron chi connectivity index (χ1n) is 9.68. The first-order valence-corrected chi connectivity index (χ1v) is 13.0. The van der Waals surface area contributed by atoms with Crippen LogP contribution in [0, 0.1) is 11.6 Å². The summed E-state index contributed by atoms with van der Waals surface area (Å²) in [5, 5.41) is 2.50. The van der Waals surface area contributed by atoms with Gasteiger partial charge in [0.05, 0.1) is 16.8 Å². The third kappa shape index (κ3) is 5.61. The predicted molar refractivity (Wildman–Crippen MR) is 118 cm³/mol. The lowest BCUT2D eigenvalue weighted by atomic mass is 10.2. The molecule has 0 spiro atoms. The van der Waals surface area contributed by atoms with Crippen molar-refractivity contribution in [3.05, 3.63) is 54.1 Å². The lowest BCUT2D eigenvalue weighted by Crippen LogP contribution is -2.45. The van der Waals surface area contributed by atoms with Crippen LogP contribution < -0.4 is 9.62 Å². The van der Waals surface area contributed by atoms with Crippen molar-refractivity contribution in [1.82, 2.24) is 4.31 Å². The first kappa shape index (κ1) is 25.7. The van der Waals surface area contributed by atoms with Gasteiger partial charge in [-0.1, -0.05) is 13.8 Å². The van der Waals surface area contributed by atoms with Crippen LogP contribution in [0.4, 0.5) is 20.2 Å². The van der Waals surface area contributed by atoms with Gasteiger partial charge in [-0.3, -0.25) is 9.10 Å². The molecule has 0 aliphatic rings. The molecule has 8 nitrogen and oxygen atoms in total. The highest BCUT2D eigenvalue weighted by Gasteiger charge is 2.30. The molecule has 0 radical (unpaired) electrons. The number of carbonyl (C=O) groups excluding carboxylic acids is 1. The Hall–Kier alpha value is -2.57. The van der Waals surface area contributed by atoms with E-state index in [9.17, 15) is 30.4 Å². The van der Waals surface area contributed by atoms with E-state index in [-0.39, 0.29) is 16.3 Å². The van der Waals surface area contributed by atoms with Gasteiger partial charge in [-0.15, -0.1) is 0 Å². The van der Waals surface area contributed by atoms with Gasteiger partial charge in [0.15, 0.2) is 11.6 Å². The van der Waals surface area contributed by atoms with Gasteiger partial charge in [0, 0.05) is 24.8 Å². The first-order chi connectivity index (χ1) is 14.8. The Morgan fingerprint density at radius 2 is 1.53 bits per heavy atom. The lowest BCUT2D eigenvalue weighted by molar-refractivity contribution is -0.116. The fourth-order valence-corrected chi connectivity index (χ4v) is 5.73. The minimum absolute atomic E-state index is 0.0480. The molecule has 1 atom stereocenters. The van der Waals surface area contributed by atoms with Crippen molar-refractivity contribution in [3.8, 4) is 0 Å². The second-order valence-electron chi connectivity index (χ2n) is 6.94.